The van der Waals surface area contributed by atoms with Crippen molar-refractivity contribution in [1.82, 2.24) is 4.72 Å². The summed E-state index contributed by atoms with van der Waals surface area (Å²) in [4.78, 5) is 22.1. The normalized spacial score (nSPS) is 11.1. The van der Waals surface area contributed by atoms with Gasteiger partial charge in [0.2, 0.25) is 15.8 Å². The number of hydrogen-bond acceptors (Lipinski definition) is 6. The Morgan fingerprint density at radius 3 is 2.59 bits per heavy atom. The molecule has 0 unspecified atom stereocenters. The summed E-state index contributed by atoms with van der Waals surface area (Å²) in [5, 5.41) is 13.3. The molecule has 0 saturated heterocycles. The maximum Gasteiger partial charge on any atom is 0.311 e. The summed E-state index contributed by atoms with van der Waals surface area (Å²) in [5.41, 5.74) is 0.188. The third kappa shape index (κ3) is 4.99. The van der Waals surface area contributed by atoms with Gasteiger partial charge in [-0.05, 0) is 37.7 Å². The van der Waals surface area contributed by atoms with Gasteiger partial charge in [-0.3, -0.25) is 14.9 Å². The number of rotatable bonds is 7. The number of nitrogens with zero attached hydrogens (tertiary/aromatic N) is 1. The third-order valence-electron chi connectivity index (χ3n) is 3.51. The van der Waals surface area contributed by atoms with E-state index < -0.39 is 44.7 Å². The van der Waals surface area contributed by atoms with Crippen molar-refractivity contribution in [3.63, 3.8) is 0 Å². The van der Waals surface area contributed by atoms with E-state index in [0.29, 0.717) is 5.56 Å². The fourth-order valence-corrected chi connectivity index (χ4v) is 3.17. The van der Waals surface area contributed by atoms with Gasteiger partial charge in [-0.1, -0.05) is 6.07 Å². The zero-order valence-electron chi connectivity index (χ0n) is 14.4. The summed E-state index contributed by atoms with van der Waals surface area (Å²) in [5.74, 6) is -1.85. The van der Waals surface area contributed by atoms with Gasteiger partial charge in [0.1, 0.15) is 5.82 Å². The number of hydrogen-bond donors (Lipinski definition) is 2. The van der Waals surface area contributed by atoms with Gasteiger partial charge in [0.25, 0.3) is 5.91 Å². The van der Waals surface area contributed by atoms with Crippen molar-refractivity contribution in [2.75, 3.05) is 19.0 Å². The van der Waals surface area contributed by atoms with E-state index >= 15 is 0 Å². The zero-order valence-corrected chi connectivity index (χ0v) is 15.2. The monoisotopic (exact) mass is 397 g/mol. The minimum Gasteiger partial charge on any atom is -0.477 e. The Bertz CT molecular complexity index is 994. The minimum absolute atomic E-state index is 0.00973. The number of ether oxygens (including phenoxy) is 1. The number of anilines is 1. The predicted octanol–water partition coefficient (Wildman–Crippen LogP) is 1.97. The fraction of sp³-hybridized carbons (Fsp3) is 0.188. The van der Waals surface area contributed by atoms with Crippen molar-refractivity contribution in [1.29, 1.82) is 0 Å². The molecule has 2 N–H and O–H groups in total. The van der Waals surface area contributed by atoms with E-state index in [9.17, 15) is 27.7 Å². The molecular formula is C16H16FN3O6S. The Morgan fingerprint density at radius 1 is 1.26 bits per heavy atom. The van der Waals surface area contributed by atoms with Gasteiger partial charge in [-0.2, -0.15) is 0 Å². The zero-order chi connectivity index (χ0) is 20.2. The van der Waals surface area contributed by atoms with Gasteiger partial charge < -0.3 is 10.1 Å². The second kappa shape index (κ2) is 8.10. The van der Waals surface area contributed by atoms with Crippen LogP contribution >= 0.6 is 0 Å². The molecule has 0 atom stereocenters. The average Bonchev–Trinajstić information content (AvgIpc) is 2.61. The molecule has 2 aromatic rings. The molecule has 0 saturated carbocycles. The van der Waals surface area contributed by atoms with Crippen LogP contribution in [0.5, 0.6) is 5.75 Å². The van der Waals surface area contributed by atoms with Gasteiger partial charge in [0, 0.05) is 17.8 Å². The van der Waals surface area contributed by atoms with E-state index in [0.717, 1.165) is 18.2 Å². The first-order chi connectivity index (χ1) is 12.6. The van der Waals surface area contributed by atoms with Crippen molar-refractivity contribution in [3.05, 3.63) is 57.9 Å². The van der Waals surface area contributed by atoms with Gasteiger partial charge in [0.15, 0.2) is 6.61 Å². The SMILES string of the molecule is CNS(=O)(=O)c1cc(NC(=O)COc2cc(F)ccc2[N+](=O)[O-])ccc1C. The molecule has 0 aliphatic carbocycles. The van der Waals surface area contributed by atoms with E-state index in [-0.39, 0.29) is 10.6 Å². The summed E-state index contributed by atoms with van der Waals surface area (Å²) < 4.78 is 44.4. The number of carbonyl (C=O) groups excluding carboxylic acids is 1. The number of nitrogens with one attached hydrogen (secondary N) is 2. The lowest BCUT2D eigenvalue weighted by Crippen LogP contribution is -2.22. The van der Waals surface area contributed by atoms with Crippen LogP contribution in [0.15, 0.2) is 41.3 Å². The smallest absolute Gasteiger partial charge is 0.311 e. The highest BCUT2D eigenvalue weighted by Crippen LogP contribution is 2.27. The highest BCUT2D eigenvalue weighted by molar-refractivity contribution is 7.89. The van der Waals surface area contributed by atoms with E-state index in [2.05, 4.69) is 10.0 Å². The first-order valence-corrected chi connectivity index (χ1v) is 9.03. The van der Waals surface area contributed by atoms with Crippen LogP contribution in [0.4, 0.5) is 15.8 Å². The molecule has 0 aromatic heterocycles. The van der Waals surface area contributed by atoms with Crippen molar-refractivity contribution >= 4 is 27.3 Å². The average molecular weight is 397 g/mol. The van der Waals surface area contributed by atoms with E-state index in [4.69, 9.17) is 4.74 Å². The molecule has 1 amide bonds. The maximum absolute atomic E-state index is 13.2. The molecule has 11 heteroatoms. The molecule has 0 aliphatic rings. The van der Waals surface area contributed by atoms with Crippen molar-refractivity contribution < 1.29 is 27.3 Å². The number of benzene rings is 2. The second-order valence-electron chi connectivity index (χ2n) is 5.39. The van der Waals surface area contributed by atoms with Crippen LogP contribution in [-0.2, 0) is 14.8 Å². The maximum atomic E-state index is 13.2. The van der Waals surface area contributed by atoms with E-state index in [1.807, 2.05) is 0 Å². The number of aryl methyl sites for hydroxylation is 1. The first kappa shape index (κ1) is 20.3. The molecule has 0 fully saturated rings. The van der Waals surface area contributed by atoms with Crippen molar-refractivity contribution in [3.8, 4) is 5.75 Å². The van der Waals surface area contributed by atoms with Gasteiger partial charge in [0.05, 0.1) is 9.82 Å². The first-order valence-electron chi connectivity index (χ1n) is 7.55. The van der Waals surface area contributed by atoms with Gasteiger partial charge >= 0.3 is 5.69 Å². The standard InChI is InChI=1S/C16H16FN3O6S/c1-10-3-5-12(8-15(10)27(24,25)18-2)19-16(21)9-26-14-7-11(17)4-6-13(14)20(22)23/h3-8,18H,9H2,1-2H3,(H,19,21). The number of carbonyl (C=O) groups is 1. The lowest BCUT2D eigenvalue weighted by atomic mass is 10.2. The summed E-state index contributed by atoms with van der Waals surface area (Å²) in [6, 6.07) is 6.90. The molecule has 9 nitrogen and oxygen atoms in total. The molecule has 2 aromatic carbocycles. The molecule has 0 radical (unpaired) electrons. The van der Waals surface area contributed by atoms with Crippen molar-refractivity contribution in [2.45, 2.75) is 11.8 Å². The largest absolute Gasteiger partial charge is 0.477 e. The fourth-order valence-electron chi connectivity index (χ4n) is 2.17. The summed E-state index contributed by atoms with van der Waals surface area (Å²) in [7, 11) is -2.45. The molecule has 0 heterocycles. The van der Waals surface area contributed by atoms with Crippen LogP contribution in [-0.4, -0.2) is 32.9 Å². The number of nitro benzene ring substituents is 1. The van der Waals surface area contributed by atoms with Gasteiger partial charge in [-0.25, -0.2) is 17.5 Å². The number of nitro groups is 1. The molecular weight excluding hydrogens is 381 g/mol. The molecule has 0 aliphatic heterocycles. The third-order valence-corrected chi connectivity index (χ3v) is 5.06. The number of amides is 1. The van der Waals surface area contributed by atoms with Crippen LogP contribution in [0.25, 0.3) is 0 Å². The highest BCUT2D eigenvalue weighted by Gasteiger charge is 2.18. The minimum atomic E-state index is -3.71. The van der Waals surface area contributed by atoms with Crippen molar-refractivity contribution in [2.24, 2.45) is 0 Å². The van der Waals surface area contributed by atoms with Crippen LogP contribution in [0.3, 0.4) is 0 Å². The molecule has 27 heavy (non-hydrogen) atoms. The van der Waals surface area contributed by atoms with E-state index in [1.165, 1.54) is 25.2 Å². The Hall–Kier alpha value is -3.05. The number of sulfonamides is 1. The quantitative estimate of drug-likeness (QED) is 0.543. The Labute approximate surface area is 154 Å². The lowest BCUT2D eigenvalue weighted by molar-refractivity contribution is -0.385. The molecule has 144 valence electrons. The second-order valence-corrected chi connectivity index (χ2v) is 7.25. The lowest BCUT2D eigenvalue weighted by Gasteiger charge is -2.11. The molecule has 2 rings (SSSR count). The Balaban J connectivity index is 2.13. The van der Waals surface area contributed by atoms with Crippen LogP contribution in [0.2, 0.25) is 0 Å². The Morgan fingerprint density at radius 2 is 1.96 bits per heavy atom. The van der Waals surface area contributed by atoms with Crippen LogP contribution in [0.1, 0.15) is 5.56 Å². The van der Waals surface area contributed by atoms with Crippen LogP contribution < -0.4 is 14.8 Å². The van der Waals surface area contributed by atoms with E-state index in [1.54, 1.807) is 6.92 Å². The summed E-state index contributed by atoms with van der Waals surface area (Å²) >= 11 is 0. The number of halogens is 1. The molecule has 0 bridgehead atoms. The predicted molar refractivity (Wildman–Crippen MR) is 94.6 cm³/mol. The van der Waals surface area contributed by atoms with Crippen LogP contribution in [0, 0.1) is 22.9 Å². The highest BCUT2D eigenvalue weighted by atomic mass is 32.2. The molecule has 0 spiro atoms. The summed E-state index contributed by atoms with van der Waals surface area (Å²) in [6.45, 7) is 0.967. The summed E-state index contributed by atoms with van der Waals surface area (Å²) in [6.07, 6.45) is 0. The Kier molecular flexibility index (Phi) is 6.08. The van der Waals surface area contributed by atoms with Gasteiger partial charge in [-0.15, -0.1) is 0 Å². The topological polar surface area (TPSA) is 128 Å².